The van der Waals surface area contributed by atoms with E-state index in [1.165, 1.54) is 16.8 Å². The van der Waals surface area contributed by atoms with Crippen LogP contribution in [0.3, 0.4) is 0 Å². The summed E-state index contributed by atoms with van der Waals surface area (Å²) >= 11 is 0. The minimum atomic E-state index is 0.0607. The maximum Gasteiger partial charge on any atom is 0.142 e. The minimum absolute atomic E-state index is 0.0607. The fraction of sp³-hybridized carbons (Fsp3) is 0.348. The Morgan fingerprint density at radius 1 is 1.21 bits per heavy atom. The van der Waals surface area contributed by atoms with Crippen molar-refractivity contribution in [2.45, 2.75) is 13.0 Å². The topological polar surface area (TPSA) is 64.6 Å². The molecule has 0 atom stereocenters. The van der Waals surface area contributed by atoms with Gasteiger partial charge in [0.1, 0.15) is 18.0 Å². The van der Waals surface area contributed by atoms with Crippen molar-refractivity contribution in [3.63, 3.8) is 0 Å². The summed E-state index contributed by atoms with van der Waals surface area (Å²) in [4.78, 5) is 12.6. The molecule has 2 aliphatic heterocycles. The van der Waals surface area contributed by atoms with Gasteiger partial charge in [-0.1, -0.05) is 17.9 Å². The van der Waals surface area contributed by atoms with Crippen LogP contribution < -0.4 is 9.64 Å². The van der Waals surface area contributed by atoms with Crippen molar-refractivity contribution in [3.8, 4) is 28.7 Å². The molecule has 0 bridgehead atoms. The van der Waals surface area contributed by atoms with Crippen LogP contribution in [-0.4, -0.2) is 59.8 Å². The third-order valence-corrected chi connectivity index (χ3v) is 5.73. The molecule has 0 spiro atoms. The van der Waals surface area contributed by atoms with Gasteiger partial charge in [0.05, 0.1) is 17.6 Å². The Kier molecular flexibility index (Phi) is 4.62. The number of nitrogens with zero attached hydrogens (tertiary/aromatic N) is 3. The second-order valence-corrected chi connectivity index (χ2v) is 7.62. The van der Waals surface area contributed by atoms with Gasteiger partial charge in [-0.3, -0.25) is 0 Å². The van der Waals surface area contributed by atoms with Crippen molar-refractivity contribution in [3.05, 3.63) is 41.7 Å². The molecule has 2 aliphatic rings. The average Bonchev–Trinajstić information content (AvgIpc) is 3.17. The average molecular weight is 388 g/mol. The quantitative estimate of drug-likeness (QED) is 0.661. The number of benzene rings is 1. The predicted molar refractivity (Wildman–Crippen MR) is 114 cm³/mol. The van der Waals surface area contributed by atoms with Gasteiger partial charge in [-0.25, -0.2) is 4.98 Å². The zero-order chi connectivity index (χ0) is 19.8. The number of hydrogen-bond acceptors (Lipinski definition) is 5. The van der Waals surface area contributed by atoms with Crippen LogP contribution in [0.5, 0.6) is 5.75 Å². The molecule has 5 rings (SSSR count). The number of pyridine rings is 1. The van der Waals surface area contributed by atoms with E-state index in [0.29, 0.717) is 13.0 Å². The standard InChI is InChI=1S/C23H24N4O2/c1-26-7-9-27(10-8-26)18-5-6-19-17(12-18)15-29-22-20(19)14-25-23-21(22)16(13-24-23)4-2-3-11-28/h5-6,12-14,28H,3,7-11,15H2,1H3,(H,24,25). The van der Waals surface area contributed by atoms with E-state index in [9.17, 15) is 0 Å². The second kappa shape index (κ2) is 7.43. The fourth-order valence-electron chi connectivity index (χ4n) is 4.09. The maximum atomic E-state index is 8.99. The van der Waals surface area contributed by atoms with Gasteiger partial charge in [0, 0.05) is 56.2 Å². The van der Waals surface area contributed by atoms with Crippen LogP contribution in [0.25, 0.3) is 22.2 Å². The van der Waals surface area contributed by atoms with Gasteiger partial charge in [0.25, 0.3) is 0 Å². The van der Waals surface area contributed by atoms with E-state index in [-0.39, 0.29) is 6.61 Å². The fourth-order valence-corrected chi connectivity index (χ4v) is 4.09. The van der Waals surface area contributed by atoms with E-state index >= 15 is 0 Å². The number of likely N-dealkylation sites (N-methyl/N-ethyl adjacent to an activating group) is 1. The zero-order valence-electron chi connectivity index (χ0n) is 16.5. The number of H-pyrrole nitrogens is 1. The van der Waals surface area contributed by atoms with E-state index in [1.807, 2.05) is 12.4 Å². The normalized spacial score (nSPS) is 16.0. The third-order valence-electron chi connectivity index (χ3n) is 5.73. The lowest BCUT2D eigenvalue weighted by Crippen LogP contribution is -2.44. The Balaban J connectivity index is 1.53. The largest absolute Gasteiger partial charge is 0.487 e. The molecule has 0 unspecified atom stereocenters. The van der Waals surface area contributed by atoms with E-state index < -0.39 is 0 Å². The van der Waals surface area contributed by atoms with Crippen molar-refractivity contribution in [1.82, 2.24) is 14.9 Å². The highest BCUT2D eigenvalue weighted by molar-refractivity contribution is 5.96. The summed E-state index contributed by atoms with van der Waals surface area (Å²) < 4.78 is 6.22. The molecular weight excluding hydrogens is 364 g/mol. The summed E-state index contributed by atoms with van der Waals surface area (Å²) in [5, 5.41) is 9.90. The molecular formula is C23H24N4O2. The Bertz CT molecular complexity index is 1120. The number of aliphatic hydroxyl groups is 1. The minimum Gasteiger partial charge on any atom is -0.487 e. The SMILES string of the molecule is CN1CCN(c2ccc3c(c2)COc2c-3cnc3[nH]cc(C#CCCO)c23)CC1. The first-order chi connectivity index (χ1) is 14.2. The third kappa shape index (κ3) is 3.23. The van der Waals surface area contributed by atoms with Gasteiger partial charge in [0.2, 0.25) is 0 Å². The number of aliphatic hydroxyl groups excluding tert-OH is 1. The molecule has 1 aromatic carbocycles. The maximum absolute atomic E-state index is 8.99. The van der Waals surface area contributed by atoms with Crippen molar-refractivity contribution in [2.24, 2.45) is 0 Å². The molecule has 148 valence electrons. The predicted octanol–water partition coefficient (Wildman–Crippen LogP) is 2.61. The number of hydrogen-bond donors (Lipinski definition) is 2. The van der Waals surface area contributed by atoms with E-state index in [1.54, 1.807) is 0 Å². The van der Waals surface area contributed by atoms with Crippen molar-refractivity contribution < 1.29 is 9.84 Å². The van der Waals surface area contributed by atoms with Crippen LogP contribution in [0.4, 0.5) is 5.69 Å². The lowest BCUT2D eigenvalue weighted by atomic mass is 9.96. The Hall–Kier alpha value is -3.01. The molecule has 4 heterocycles. The number of anilines is 1. The van der Waals surface area contributed by atoms with Gasteiger partial charge < -0.3 is 24.6 Å². The Labute approximate surface area is 170 Å². The molecule has 3 aromatic rings. The van der Waals surface area contributed by atoms with Crippen molar-refractivity contribution in [2.75, 3.05) is 44.7 Å². The van der Waals surface area contributed by atoms with Gasteiger partial charge in [-0.05, 0) is 30.3 Å². The van der Waals surface area contributed by atoms with Crippen LogP contribution in [0.2, 0.25) is 0 Å². The number of fused-ring (bicyclic) bond motifs is 5. The number of rotatable bonds is 2. The zero-order valence-corrected chi connectivity index (χ0v) is 16.5. The first-order valence-corrected chi connectivity index (χ1v) is 10.0. The molecule has 6 heteroatoms. The molecule has 29 heavy (non-hydrogen) atoms. The van der Waals surface area contributed by atoms with Crippen molar-refractivity contribution in [1.29, 1.82) is 0 Å². The lowest BCUT2D eigenvalue weighted by Gasteiger charge is -2.34. The number of ether oxygens (including phenoxy) is 1. The summed E-state index contributed by atoms with van der Waals surface area (Å²) in [6.07, 6.45) is 4.19. The second-order valence-electron chi connectivity index (χ2n) is 7.62. The molecule has 0 radical (unpaired) electrons. The summed E-state index contributed by atoms with van der Waals surface area (Å²) in [6, 6.07) is 6.66. The highest BCUT2D eigenvalue weighted by Gasteiger charge is 2.24. The molecule has 6 nitrogen and oxygen atoms in total. The van der Waals surface area contributed by atoms with Gasteiger partial charge >= 0.3 is 0 Å². The van der Waals surface area contributed by atoms with Gasteiger partial charge in [-0.15, -0.1) is 0 Å². The van der Waals surface area contributed by atoms with E-state index in [0.717, 1.165) is 54.1 Å². The highest BCUT2D eigenvalue weighted by Crippen LogP contribution is 2.43. The van der Waals surface area contributed by atoms with Crippen LogP contribution in [0.1, 0.15) is 17.5 Å². The van der Waals surface area contributed by atoms with E-state index in [4.69, 9.17) is 9.84 Å². The molecule has 1 fully saturated rings. The number of aromatic amines is 1. The molecule has 2 N–H and O–H groups in total. The Morgan fingerprint density at radius 3 is 2.90 bits per heavy atom. The summed E-state index contributed by atoms with van der Waals surface area (Å²) in [7, 11) is 2.17. The van der Waals surface area contributed by atoms with Crippen LogP contribution in [0, 0.1) is 11.8 Å². The number of aromatic nitrogens is 2. The molecule has 0 saturated carbocycles. The Morgan fingerprint density at radius 2 is 2.07 bits per heavy atom. The van der Waals surface area contributed by atoms with E-state index in [2.05, 4.69) is 56.9 Å². The van der Waals surface area contributed by atoms with Gasteiger partial charge in [0.15, 0.2) is 0 Å². The molecule has 1 saturated heterocycles. The summed E-state index contributed by atoms with van der Waals surface area (Å²) in [6.45, 7) is 4.88. The molecule has 0 amide bonds. The van der Waals surface area contributed by atoms with Crippen LogP contribution in [0.15, 0.2) is 30.6 Å². The van der Waals surface area contributed by atoms with Crippen molar-refractivity contribution >= 4 is 16.7 Å². The molecule has 2 aromatic heterocycles. The highest BCUT2D eigenvalue weighted by atomic mass is 16.5. The van der Waals surface area contributed by atoms with Crippen LogP contribution in [-0.2, 0) is 6.61 Å². The lowest BCUT2D eigenvalue weighted by molar-refractivity contribution is 0.305. The monoisotopic (exact) mass is 388 g/mol. The summed E-state index contributed by atoms with van der Waals surface area (Å²) in [5.41, 5.74) is 6.26. The summed E-state index contributed by atoms with van der Waals surface area (Å²) in [5.74, 6) is 6.95. The first-order valence-electron chi connectivity index (χ1n) is 10.0. The molecule has 0 aliphatic carbocycles. The first kappa shape index (κ1) is 18.0. The number of nitrogens with one attached hydrogen (secondary N) is 1. The van der Waals surface area contributed by atoms with Gasteiger partial charge in [-0.2, -0.15) is 0 Å². The number of piperazine rings is 1. The smallest absolute Gasteiger partial charge is 0.142 e. The van der Waals surface area contributed by atoms with Crippen LogP contribution >= 0.6 is 0 Å².